The van der Waals surface area contributed by atoms with Gasteiger partial charge in [-0.05, 0) is 25.0 Å². The van der Waals surface area contributed by atoms with Gasteiger partial charge in [0.15, 0.2) is 5.69 Å². The Morgan fingerprint density at radius 3 is 3.00 bits per heavy atom. The van der Waals surface area contributed by atoms with Crippen molar-refractivity contribution < 1.29 is 4.74 Å². The van der Waals surface area contributed by atoms with Crippen molar-refractivity contribution in [1.82, 2.24) is 4.98 Å². The smallest absolute Gasteiger partial charge is 0.163 e. The van der Waals surface area contributed by atoms with E-state index in [-0.39, 0.29) is 0 Å². The highest BCUT2D eigenvalue weighted by molar-refractivity contribution is 5.53. The molecule has 0 aromatic carbocycles. The molecular formula is C14H19N3O. The number of nitrogens with zero attached hydrogens (tertiary/aromatic N) is 2. The maximum atomic E-state index is 8.90. The molecule has 0 spiro atoms. The molecular weight excluding hydrogens is 226 g/mol. The lowest BCUT2D eigenvalue weighted by molar-refractivity contribution is 0.0347. The van der Waals surface area contributed by atoms with Crippen LogP contribution in [0.15, 0.2) is 18.3 Å². The number of rotatable bonds is 5. The fraction of sp³-hybridized carbons (Fsp3) is 0.571. The first-order valence-electron chi connectivity index (χ1n) is 6.61. The molecule has 4 heteroatoms. The maximum Gasteiger partial charge on any atom is 0.163 e. The summed E-state index contributed by atoms with van der Waals surface area (Å²) < 4.78 is 5.81. The van der Waals surface area contributed by atoms with E-state index in [2.05, 4.69) is 16.4 Å². The molecule has 1 saturated carbocycles. The van der Waals surface area contributed by atoms with E-state index < -0.39 is 0 Å². The van der Waals surface area contributed by atoms with Crippen LogP contribution in [0.4, 0.5) is 5.69 Å². The van der Waals surface area contributed by atoms with Gasteiger partial charge in [-0.25, -0.2) is 4.98 Å². The van der Waals surface area contributed by atoms with Gasteiger partial charge in [0, 0.05) is 12.7 Å². The SMILES string of the molecule is N#Cc1ncccc1NCCOC1CCCCC1. The van der Waals surface area contributed by atoms with Gasteiger partial charge < -0.3 is 10.1 Å². The molecule has 1 aliphatic rings. The second-order valence-corrected chi connectivity index (χ2v) is 4.57. The monoisotopic (exact) mass is 245 g/mol. The van der Waals surface area contributed by atoms with E-state index in [1.165, 1.54) is 32.1 Å². The maximum absolute atomic E-state index is 8.90. The number of pyridine rings is 1. The lowest BCUT2D eigenvalue weighted by atomic mass is 9.98. The van der Waals surface area contributed by atoms with Gasteiger partial charge in [-0.2, -0.15) is 5.26 Å². The van der Waals surface area contributed by atoms with Gasteiger partial charge in [0.25, 0.3) is 0 Å². The molecule has 0 aliphatic heterocycles. The number of hydrogen-bond acceptors (Lipinski definition) is 4. The van der Waals surface area contributed by atoms with E-state index in [0.717, 1.165) is 12.2 Å². The van der Waals surface area contributed by atoms with Crippen LogP contribution in [0.5, 0.6) is 0 Å². The molecule has 4 nitrogen and oxygen atoms in total. The summed E-state index contributed by atoms with van der Waals surface area (Å²) in [6, 6.07) is 5.76. The standard InChI is InChI=1S/C14H19N3O/c15-11-14-13(7-4-8-16-14)17-9-10-18-12-5-2-1-3-6-12/h4,7-8,12,17H,1-3,5-6,9-10H2. The summed E-state index contributed by atoms with van der Waals surface area (Å²) >= 11 is 0. The number of aromatic nitrogens is 1. The molecule has 0 saturated heterocycles. The zero-order valence-electron chi connectivity index (χ0n) is 10.6. The van der Waals surface area contributed by atoms with E-state index in [4.69, 9.17) is 10.00 Å². The van der Waals surface area contributed by atoms with Crippen LogP contribution in [0.25, 0.3) is 0 Å². The second kappa shape index (κ2) is 6.97. The van der Waals surface area contributed by atoms with Crippen molar-refractivity contribution >= 4 is 5.69 Å². The molecule has 0 unspecified atom stereocenters. The van der Waals surface area contributed by atoms with E-state index in [9.17, 15) is 0 Å². The summed E-state index contributed by atoms with van der Waals surface area (Å²) in [6.07, 6.45) is 8.37. The van der Waals surface area contributed by atoms with Crippen LogP contribution in [-0.4, -0.2) is 24.2 Å². The lowest BCUT2D eigenvalue weighted by Gasteiger charge is -2.22. The van der Waals surface area contributed by atoms with Gasteiger partial charge >= 0.3 is 0 Å². The Labute approximate surface area is 108 Å². The van der Waals surface area contributed by atoms with E-state index in [0.29, 0.717) is 18.4 Å². The third-order valence-corrected chi connectivity index (χ3v) is 3.24. The first kappa shape index (κ1) is 12.8. The Morgan fingerprint density at radius 2 is 2.22 bits per heavy atom. The van der Waals surface area contributed by atoms with Crippen molar-refractivity contribution in [3.05, 3.63) is 24.0 Å². The molecule has 1 heterocycles. The number of nitrogens with one attached hydrogen (secondary N) is 1. The first-order chi connectivity index (χ1) is 8.90. The fourth-order valence-electron chi connectivity index (χ4n) is 2.28. The largest absolute Gasteiger partial charge is 0.380 e. The highest BCUT2D eigenvalue weighted by Gasteiger charge is 2.13. The summed E-state index contributed by atoms with van der Waals surface area (Å²) in [5.41, 5.74) is 1.22. The predicted octanol–water partition coefficient (Wildman–Crippen LogP) is 2.71. The molecule has 0 amide bonds. The quantitative estimate of drug-likeness (QED) is 0.810. The van der Waals surface area contributed by atoms with Gasteiger partial charge in [0.1, 0.15) is 6.07 Å². The van der Waals surface area contributed by atoms with Crippen LogP contribution < -0.4 is 5.32 Å². The van der Waals surface area contributed by atoms with Gasteiger partial charge in [-0.1, -0.05) is 19.3 Å². The van der Waals surface area contributed by atoms with Crippen LogP contribution in [0.1, 0.15) is 37.8 Å². The minimum Gasteiger partial charge on any atom is -0.380 e. The first-order valence-corrected chi connectivity index (χ1v) is 6.61. The Morgan fingerprint density at radius 1 is 1.39 bits per heavy atom. The van der Waals surface area contributed by atoms with Gasteiger partial charge in [-0.3, -0.25) is 0 Å². The molecule has 1 aromatic heterocycles. The molecule has 1 N–H and O–H groups in total. The molecule has 0 bridgehead atoms. The number of anilines is 1. The zero-order chi connectivity index (χ0) is 12.6. The molecule has 0 atom stereocenters. The number of ether oxygens (including phenoxy) is 1. The molecule has 1 fully saturated rings. The van der Waals surface area contributed by atoms with E-state index in [1.807, 2.05) is 12.1 Å². The average molecular weight is 245 g/mol. The Kier molecular flexibility index (Phi) is 4.98. The van der Waals surface area contributed by atoms with Crippen molar-refractivity contribution in [2.45, 2.75) is 38.2 Å². The van der Waals surface area contributed by atoms with Crippen LogP contribution in [0.2, 0.25) is 0 Å². The number of hydrogen-bond donors (Lipinski definition) is 1. The Bertz CT molecular complexity index is 408. The predicted molar refractivity (Wildman–Crippen MR) is 70.3 cm³/mol. The highest BCUT2D eigenvalue weighted by Crippen LogP contribution is 2.20. The summed E-state index contributed by atoms with van der Waals surface area (Å²) in [4.78, 5) is 4.00. The van der Waals surface area contributed by atoms with E-state index >= 15 is 0 Å². The Balaban J connectivity index is 1.70. The lowest BCUT2D eigenvalue weighted by Crippen LogP contribution is -2.20. The van der Waals surface area contributed by atoms with Gasteiger partial charge in [0.05, 0.1) is 18.4 Å². The van der Waals surface area contributed by atoms with Crippen molar-refractivity contribution in [1.29, 1.82) is 5.26 Å². The van der Waals surface area contributed by atoms with Crippen molar-refractivity contribution in [3.8, 4) is 6.07 Å². The van der Waals surface area contributed by atoms with Gasteiger partial charge in [0.2, 0.25) is 0 Å². The van der Waals surface area contributed by atoms with Crippen molar-refractivity contribution in [2.24, 2.45) is 0 Å². The highest BCUT2D eigenvalue weighted by atomic mass is 16.5. The third-order valence-electron chi connectivity index (χ3n) is 3.24. The molecule has 0 radical (unpaired) electrons. The molecule has 1 aromatic rings. The van der Waals surface area contributed by atoms with Crippen LogP contribution in [0.3, 0.4) is 0 Å². The molecule has 1 aliphatic carbocycles. The normalized spacial score (nSPS) is 16.2. The minimum absolute atomic E-state index is 0.435. The topological polar surface area (TPSA) is 57.9 Å². The van der Waals surface area contributed by atoms with Gasteiger partial charge in [-0.15, -0.1) is 0 Å². The Hall–Kier alpha value is -1.60. The molecule has 18 heavy (non-hydrogen) atoms. The van der Waals surface area contributed by atoms with Crippen LogP contribution in [-0.2, 0) is 4.74 Å². The zero-order valence-corrected chi connectivity index (χ0v) is 10.6. The summed E-state index contributed by atoms with van der Waals surface area (Å²) in [6.45, 7) is 1.40. The van der Waals surface area contributed by atoms with Crippen LogP contribution >= 0.6 is 0 Å². The van der Waals surface area contributed by atoms with Crippen molar-refractivity contribution in [3.63, 3.8) is 0 Å². The molecule has 96 valence electrons. The third kappa shape index (κ3) is 3.71. The van der Waals surface area contributed by atoms with Crippen molar-refractivity contribution in [2.75, 3.05) is 18.5 Å². The molecule has 2 rings (SSSR count). The second-order valence-electron chi connectivity index (χ2n) is 4.57. The summed E-state index contributed by atoms with van der Waals surface area (Å²) in [5.74, 6) is 0. The fourth-order valence-corrected chi connectivity index (χ4v) is 2.28. The van der Waals surface area contributed by atoms with E-state index in [1.54, 1.807) is 6.20 Å². The average Bonchev–Trinajstić information content (AvgIpc) is 2.45. The number of nitriles is 1. The van der Waals surface area contributed by atoms with Crippen LogP contribution in [0, 0.1) is 11.3 Å². The minimum atomic E-state index is 0.435. The summed E-state index contributed by atoms with van der Waals surface area (Å²) in [5, 5.41) is 12.1. The summed E-state index contributed by atoms with van der Waals surface area (Å²) in [7, 11) is 0.